The Morgan fingerprint density at radius 3 is 2.78 bits per heavy atom. The number of fused-ring (bicyclic) bond motifs is 3. The van der Waals surface area contributed by atoms with Gasteiger partial charge >= 0.3 is 0 Å². The molecule has 3 aliphatic heterocycles. The normalized spacial score (nSPS) is 20.4. The average molecular weight is 366 g/mol. The fraction of sp³-hybridized carbons (Fsp3) is 0.450. The molecule has 1 spiro atoms. The molecule has 4 heterocycles. The zero-order valence-electron chi connectivity index (χ0n) is 15.3. The van der Waals surface area contributed by atoms with Crippen molar-refractivity contribution in [2.24, 2.45) is 0 Å². The molecule has 1 amide bonds. The van der Waals surface area contributed by atoms with Gasteiger partial charge in [-0.3, -0.25) is 14.6 Å². The number of likely N-dealkylation sites (N-methyl/N-ethyl adjacent to an activating group) is 1. The second-order valence-corrected chi connectivity index (χ2v) is 7.58. The molecule has 140 valence electrons. The van der Waals surface area contributed by atoms with Crippen molar-refractivity contribution < 1.29 is 9.53 Å². The van der Waals surface area contributed by atoms with Crippen LogP contribution in [-0.2, 0) is 16.6 Å². The molecule has 2 aromatic rings. The van der Waals surface area contributed by atoms with Crippen LogP contribution in [0.25, 0.3) is 0 Å². The lowest BCUT2D eigenvalue weighted by atomic mass is 9.73. The number of benzene rings is 1. The van der Waals surface area contributed by atoms with E-state index in [1.165, 1.54) is 0 Å². The van der Waals surface area contributed by atoms with Gasteiger partial charge in [0.25, 0.3) is 5.56 Å². The second kappa shape index (κ2) is 5.84. The van der Waals surface area contributed by atoms with Crippen LogP contribution >= 0.6 is 0 Å². The van der Waals surface area contributed by atoms with E-state index in [-0.39, 0.29) is 11.5 Å². The molecule has 1 saturated heterocycles. The summed E-state index contributed by atoms with van der Waals surface area (Å²) >= 11 is 0. The number of nitrogens with one attached hydrogen (secondary N) is 1. The minimum absolute atomic E-state index is 0.114. The summed E-state index contributed by atoms with van der Waals surface area (Å²) in [6.07, 6.45) is 2.96. The number of carbonyl (C=O) groups excluding carboxylic acids is 1. The smallest absolute Gasteiger partial charge is 0.259 e. The molecule has 1 fully saturated rings. The minimum Gasteiger partial charge on any atom is -0.477 e. The van der Waals surface area contributed by atoms with Crippen molar-refractivity contribution >= 4 is 17.5 Å². The van der Waals surface area contributed by atoms with Gasteiger partial charge in [-0.15, -0.1) is 0 Å². The first-order valence-electron chi connectivity index (χ1n) is 9.49. The van der Waals surface area contributed by atoms with Crippen LogP contribution in [0, 0.1) is 0 Å². The number of rotatable bonds is 1. The van der Waals surface area contributed by atoms with E-state index in [2.05, 4.69) is 20.9 Å². The standard InChI is InChI=1S/C20H22N4O3/c1-23-15-7-3-2-6-14(15)20(18(23)26)8-10-24(11-9-20)19-21-16(25)13-5-4-12-27-17(13)22-19/h2-3,6-7H,4-5,8-12H2,1H3,(H,21,22,25). The highest BCUT2D eigenvalue weighted by atomic mass is 16.5. The first kappa shape index (κ1) is 16.4. The first-order chi connectivity index (χ1) is 13.1. The highest BCUT2D eigenvalue weighted by molar-refractivity contribution is 6.07. The minimum atomic E-state index is -0.465. The molecule has 7 heteroatoms. The van der Waals surface area contributed by atoms with Gasteiger partial charge in [-0.25, -0.2) is 0 Å². The molecule has 3 aliphatic rings. The Bertz CT molecular complexity index is 975. The summed E-state index contributed by atoms with van der Waals surface area (Å²) in [4.78, 5) is 36.7. The number of H-pyrrole nitrogens is 1. The quantitative estimate of drug-likeness (QED) is 0.830. The number of carbonyl (C=O) groups is 1. The van der Waals surface area contributed by atoms with Crippen LogP contribution in [0.3, 0.4) is 0 Å². The van der Waals surface area contributed by atoms with Crippen molar-refractivity contribution in [1.29, 1.82) is 0 Å². The maximum Gasteiger partial charge on any atom is 0.259 e. The first-order valence-corrected chi connectivity index (χ1v) is 9.49. The third-order valence-corrected chi connectivity index (χ3v) is 6.19. The number of amides is 1. The van der Waals surface area contributed by atoms with E-state index in [1.807, 2.05) is 25.2 Å². The van der Waals surface area contributed by atoms with E-state index >= 15 is 0 Å². The number of hydrogen-bond donors (Lipinski definition) is 1. The largest absolute Gasteiger partial charge is 0.477 e. The van der Waals surface area contributed by atoms with Crippen LogP contribution in [0.5, 0.6) is 5.88 Å². The van der Waals surface area contributed by atoms with Gasteiger partial charge in [0.15, 0.2) is 0 Å². The molecule has 0 unspecified atom stereocenters. The third kappa shape index (κ3) is 2.30. The van der Waals surface area contributed by atoms with Crippen molar-refractivity contribution in [3.05, 3.63) is 45.7 Å². The van der Waals surface area contributed by atoms with E-state index in [4.69, 9.17) is 4.74 Å². The summed E-state index contributed by atoms with van der Waals surface area (Å²) in [6, 6.07) is 8.05. The van der Waals surface area contributed by atoms with Gasteiger partial charge in [0.05, 0.1) is 17.6 Å². The molecule has 1 N–H and O–H groups in total. The molecule has 5 rings (SSSR count). The Labute approximate surface area is 157 Å². The second-order valence-electron chi connectivity index (χ2n) is 7.58. The molecule has 0 bridgehead atoms. The maximum atomic E-state index is 13.0. The molecular formula is C20H22N4O3. The van der Waals surface area contributed by atoms with Crippen molar-refractivity contribution in [2.45, 2.75) is 31.1 Å². The number of hydrogen-bond acceptors (Lipinski definition) is 5. The van der Waals surface area contributed by atoms with Crippen LogP contribution in [0.4, 0.5) is 11.6 Å². The fourth-order valence-electron chi connectivity index (χ4n) is 4.67. The molecule has 27 heavy (non-hydrogen) atoms. The number of para-hydroxylation sites is 1. The molecular weight excluding hydrogens is 344 g/mol. The molecule has 0 radical (unpaired) electrons. The van der Waals surface area contributed by atoms with Gasteiger partial charge in [0.1, 0.15) is 0 Å². The zero-order valence-corrected chi connectivity index (χ0v) is 15.3. The lowest BCUT2D eigenvalue weighted by Crippen LogP contribution is -2.48. The predicted octanol–water partition coefficient (Wildman–Crippen LogP) is 1.61. The van der Waals surface area contributed by atoms with Crippen LogP contribution in [0.1, 0.15) is 30.4 Å². The lowest BCUT2D eigenvalue weighted by Gasteiger charge is -2.38. The predicted molar refractivity (Wildman–Crippen MR) is 102 cm³/mol. The topological polar surface area (TPSA) is 78.5 Å². The van der Waals surface area contributed by atoms with Crippen LogP contribution in [0.2, 0.25) is 0 Å². The summed E-state index contributed by atoms with van der Waals surface area (Å²) in [5.74, 6) is 1.17. The number of aromatic nitrogens is 2. The van der Waals surface area contributed by atoms with Crippen molar-refractivity contribution in [3.8, 4) is 5.88 Å². The van der Waals surface area contributed by atoms with Crippen molar-refractivity contribution in [1.82, 2.24) is 9.97 Å². The van der Waals surface area contributed by atoms with Gasteiger partial charge in [0, 0.05) is 25.8 Å². The van der Waals surface area contributed by atoms with Gasteiger partial charge in [-0.1, -0.05) is 18.2 Å². The number of ether oxygens (including phenoxy) is 1. The highest BCUT2D eigenvalue weighted by Gasteiger charge is 2.51. The SMILES string of the molecule is CN1C(=O)C2(CCN(c3nc4c(c(=O)[nH]3)CCCO4)CC2)c2ccccc21. The summed E-state index contributed by atoms with van der Waals surface area (Å²) in [6.45, 7) is 1.93. The Hall–Kier alpha value is -2.83. The molecule has 0 aliphatic carbocycles. The van der Waals surface area contributed by atoms with Crippen LogP contribution in [-0.4, -0.2) is 42.6 Å². The molecule has 7 nitrogen and oxygen atoms in total. The Balaban J connectivity index is 1.44. The van der Waals surface area contributed by atoms with Gasteiger partial charge in [-0.05, 0) is 37.3 Å². The number of anilines is 2. The average Bonchev–Trinajstić information content (AvgIpc) is 2.91. The fourth-order valence-corrected chi connectivity index (χ4v) is 4.67. The van der Waals surface area contributed by atoms with Crippen molar-refractivity contribution in [2.75, 3.05) is 36.5 Å². The summed E-state index contributed by atoms with van der Waals surface area (Å²) in [5, 5.41) is 0. The zero-order chi connectivity index (χ0) is 18.6. The molecule has 0 atom stereocenters. The molecule has 0 saturated carbocycles. The molecule has 1 aromatic carbocycles. The monoisotopic (exact) mass is 366 g/mol. The van der Waals surface area contributed by atoms with Gasteiger partial charge < -0.3 is 14.5 Å². The number of nitrogens with zero attached hydrogens (tertiary/aromatic N) is 3. The summed E-state index contributed by atoms with van der Waals surface area (Å²) in [5.41, 5.74) is 2.18. The van der Waals surface area contributed by atoms with E-state index < -0.39 is 5.41 Å². The number of piperidine rings is 1. The lowest BCUT2D eigenvalue weighted by molar-refractivity contribution is -0.123. The third-order valence-electron chi connectivity index (χ3n) is 6.19. The maximum absolute atomic E-state index is 13.0. The van der Waals surface area contributed by atoms with Crippen molar-refractivity contribution in [3.63, 3.8) is 0 Å². The van der Waals surface area contributed by atoms with Crippen LogP contribution in [0.15, 0.2) is 29.1 Å². The number of aromatic amines is 1. The Kier molecular flexibility index (Phi) is 3.54. The van der Waals surface area contributed by atoms with E-state index in [0.717, 1.165) is 17.7 Å². The van der Waals surface area contributed by atoms with Gasteiger partial charge in [0.2, 0.25) is 17.7 Å². The van der Waals surface area contributed by atoms with Gasteiger partial charge in [-0.2, -0.15) is 4.98 Å². The van der Waals surface area contributed by atoms with E-state index in [9.17, 15) is 9.59 Å². The summed E-state index contributed by atoms with van der Waals surface area (Å²) < 4.78 is 5.59. The Morgan fingerprint density at radius 2 is 1.96 bits per heavy atom. The Morgan fingerprint density at radius 1 is 1.19 bits per heavy atom. The molecule has 1 aromatic heterocycles. The van der Waals surface area contributed by atoms with Crippen LogP contribution < -0.4 is 20.1 Å². The summed E-state index contributed by atoms with van der Waals surface area (Å²) in [7, 11) is 1.85. The van der Waals surface area contributed by atoms with E-state index in [0.29, 0.717) is 56.4 Å². The highest BCUT2D eigenvalue weighted by Crippen LogP contribution is 2.47. The van der Waals surface area contributed by atoms with E-state index in [1.54, 1.807) is 4.90 Å².